The Morgan fingerprint density at radius 1 is 1.33 bits per heavy atom. The van der Waals surface area contributed by atoms with E-state index in [0.717, 1.165) is 16.6 Å². The van der Waals surface area contributed by atoms with Gasteiger partial charge in [0.2, 0.25) is 0 Å². The molecular weight excluding hydrogens is 256 g/mol. The minimum atomic E-state index is -0.0214. The molecule has 0 amide bonds. The SMILES string of the molecule is OCc1cc(Cc2ccccc2Br)[nH]n1. The first kappa shape index (κ1) is 10.4. The van der Waals surface area contributed by atoms with Gasteiger partial charge in [-0.1, -0.05) is 34.1 Å². The lowest BCUT2D eigenvalue weighted by Crippen LogP contribution is -1.89. The summed E-state index contributed by atoms with van der Waals surface area (Å²) in [6, 6.07) is 9.94. The second-order valence-electron chi connectivity index (χ2n) is 3.31. The number of H-pyrrole nitrogens is 1. The molecule has 1 heterocycles. The molecule has 0 bridgehead atoms. The summed E-state index contributed by atoms with van der Waals surface area (Å²) < 4.78 is 1.09. The Morgan fingerprint density at radius 3 is 2.80 bits per heavy atom. The van der Waals surface area contributed by atoms with E-state index in [1.54, 1.807) is 0 Å². The average molecular weight is 267 g/mol. The number of aliphatic hydroxyl groups is 1. The van der Waals surface area contributed by atoms with Crippen LogP contribution in [0.3, 0.4) is 0 Å². The molecule has 0 saturated carbocycles. The summed E-state index contributed by atoms with van der Waals surface area (Å²) in [6.45, 7) is -0.0214. The summed E-state index contributed by atoms with van der Waals surface area (Å²) in [5, 5.41) is 15.8. The highest BCUT2D eigenvalue weighted by Gasteiger charge is 2.03. The summed E-state index contributed by atoms with van der Waals surface area (Å²) >= 11 is 3.49. The van der Waals surface area contributed by atoms with Gasteiger partial charge in [-0.15, -0.1) is 0 Å². The van der Waals surface area contributed by atoms with E-state index in [1.165, 1.54) is 5.56 Å². The Hall–Kier alpha value is -1.13. The van der Waals surface area contributed by atoms with Crippen LogP contribution in [-0.2, 0) is 13.0 Å². The summed E-state index contributed by atoms with van der Waals surface area (Å²) in [7, 11) is 0. The molecule has 0 aliphatic rings. The molecule has 78 valence electrons. The molecule has 0 spiro atoms. The van der Waals surface area contributed by atoms with Crippen molar-refractivity contribution in [2.24, 2.45) is 0 Å². The van der Waals surface area contributed by atoms with Crippen LogP contribution in [0.2, 0.25) is 0 Å². The van der Waals surface area contributed by atoms with Crippen LogP contribution in [0.15, 0.2) is 34.8 Å². The van der Waals surface area contributed by atoms with Crippen molar-refractivity contribution in [3.63, 3.8) is 0 Å². The minimum Gasteiger partial charge on any atom is -0.390 e. The zero-order valence-corrected chi connectivity index (χ0v) is 9.66. The van der Waals surface area contributed by atoms with E-state index in [1.807, 2.05) is 24.3 Å². The van der Waals surface area contributed by atoms with Gasteiger partial charge in [-0.25, -0.2) is 0 Å². The zero-order valence-electron chi connectivity index (χ0n) is 8.07. The van der Waals surface area contributed by atoms with E-state index in [4.69, 9.17) is 5.11 Å². The number of halogens is 1. The maximum atomic E-state index is 8.88. The standard InChI is InChI=1S/C11H11BrN2O/c12-11-4-2-1-3-8(11)5-9-6-10(7-15)14-13-9/h1-4,6,15H,5,7H2,(H,13,14). The first-order valence-corrected chi connectivity index (χ1v) is 5.46. The molecule has 0 fully saturated rings. The number of nitrogens with zero attached hydrogens (tertiary/aromatic N) is 1. The molecule has 15 heavy (non-hydrogen) atoms. The van der Waals surface area contributed by atoms with E-state index >= 15 is 0 Å². The van der Waals surface area contributed by atoms with Gasteiger partial charge >= 0.3 is 0 Å². The molecule has 0 radical (unpaired) electrons. The summed E-state index contributed by atoms with van der Waals surface area (Å²) in [6.07, 6.45) is 0.786. The van der Waals surface area contributed by atoms with E-state index in [2.05, 4.69) is 32.2 Å². The van der Waals surface area contributed by atoms with Gasteiger partial charge in [0, 0.05) is 16.6 Å². The van der Waals surface area contributed by atoms with Gasteiger partial charge in [-0.05, 0) is 17.7 Å². The number of aromatic nitrogens is 2. The number of hydrogen-bond donors (Lipinski definition) is 2. The molecule has 0 aliphatic carbocycles. The van der Waals surface area contributed by atoms with Crippen molar-refractivity contribution in [3.05, 3.63) is 51.8 Å². The Morgan fingerprint density at radius 2 is 2.13 bits per heavy atom. The summed E-state index contributed by atoms with van der Waals surface area (Å²) in [5.74, 6) is 0. The lowest BCUT2D eigenvalue weighted by molar-refractivity contribution is 0.276. The fourth-order valence-electron chi connectivity index (χ4n) is 1.43. The third-order valence-corrected chi connectivity index (χ3v) is 2.96. The smallest absolute Gasteiger partial charge is 0.0879 e. The van der Waals surface area contributed by atoms with Crippen LogP contribution in [-0.4, -0.2) is 15.3 Å². The van der Waals surface area contributed by atoms with Gasteiger partial charge < -0.3 is 5.11 Å². The number of hydrogen-bond acceptors (Lipinski definition) is 2. The van der Waals surface area contributed by atoms with Gasteiger partial charge in [-0.2, -0.15) is 5.10 Å². The largest absolute Gasteiger partial charge is 0.390 e. The van der Waals surface area contributed by atoms with Crippen LogP contribution in [0.1, 0.15) is 17.0 Å². The Kier molecular flexibility index (Phi) is 3.18. The van der Waals surface area contributed by atoms with Gasteiger partial charge in [0.05, 0.1) is 12.3 Å². The molecule has 0 unspecified atom stereocenters. The van der Waals surface area contributed by atoms with Crippen molar-refractivity contribution in [2.45, 2.75) is 13.0 Å². The first-order valence-electron chi connectivity index (χ1n) is 4.67. The van der Waals surface area contributed by atoms with Gasteiger partial charge in [0.1, 0.15) is 0 Å². The molecule has 0 saturated heterocycles. The van der Waals surface area contributed by atoms with Crippen molar-refractivity contribution in [2.75, 3.05) is 0 Å². The number of nitrogens with one attached hydrogen (secondary N) is 1. The zero-order chi connectivity index (χ0) is 10.7. The third-order valence-electron chi connectivity index (χ3n) is 2.18. The fourth-order valence-corrected chi connectivity index (χ4v) is 1.85. The molecule has 4 heteroatoms. The number of rotatable bonds is 3. The predicted octanol–water partition coefficient (Wildman–Crippen LogP) is 2.26. The fraction of sp³-hybridized carbons (Fsp3) is 0.182. The number of benzene rings is 1. The lowest BCUT2D eigenvalue weighted by Gasteiger charge is -2.01. The van der Waals surface area contributed by atoms with Crippen molar-refractivity contribution in [1.82, 2.24) is 10.2 Å². The van der Waals surface area contributed by atoms with E-state index in [0.29, 0.717) is 5.69 Å². The molecule has 2 aromatic rings. The van der Waals surface area contributed by atoms with Gasteiger partial charge in [0.15, 0.2) is 0 Å². The number of aliphatic hydroxyl groups excluding tert-OH is 1. The highest BCUT2D eigenvalue weighted by Crippen LogP contribution is 2.18. The van der Waals surface area contributed by atoms with Crippen molar-refractivity contribution in [1.29, 1.82) is 0 Å². The Balaban J connectivity index is 2.18. The maximum Gasteiger partial charge on any atom is 0.0879 e. The van der Waals surface area contributed by atoms with E-state index < -0.39 is 0 Å². The molecule has 1 aromatic heterocycles. The maximum absolute atomic E-state index is 8.88. The molecular formula is C11H11BrN2O. The Bertz CT molecular complexity index is 453. The van der Waals surface area contributed by atoms with E-state index in [9.17, 15) is 0 Å². The predicted molar refractivity (Wildman–Crippen MR) is 61.5 cm³/mol. The molecule has 0 atom stereocenters. The molecule has 1 aromatic carbocycles. The highest BCUT2D eigenvalue weighted by molar-refractivity contribution is 9.10. The molecule has 2 N–H and O–H groups in total. The molecule has 3 nitrogen and oxygen atoms in total. The third kappa shape index (κ3) is 2.46. The lowest BCUT2D eigenvalue weighted by atomic mass is 10.1. The van der Waals surface area contributed by atoms with E-state index in [-0.39, 0.29) is 6.61 Å². The Labute approximate surface area is 96.3 Å². The van der Waals surface area contributed by atoms with Crippen molar-refractivity contribution in [3.8, 4) is 0 Å². The van der Waals surface area contributed by atoms with Crippen LogP contribution < -0.4 is 0 Å². The van der Waals surface area contributed by atoms with Crippen LogP contribution in [0.5, 0.6) is 0 Å². The summed E-state index contributed by atoms with van der Waals surface area (Å²) in [4.78, 5) is 0. The van der Waals surface area contributed by atoms with Crippen LogP contribution >= 0.6 is 15.9 Å². The topological polar surface area (TPSA) is 48.9 Å². The van der Waals surface area contributed by atoms with Crippen molar-refractivity contribution < 1.29 is 5.11 Å². The summed E-state index contributed by atoms with van der Waals surface area (Å²) in [5.41, 5.74) is 2.88. The van der Waals surface area contributed by atoms with Gasteiger partial charge in [0.25, 0.3) is 0 Å². The van der Waals surface area contributed by atoms with Crippen LogP contribution in [0.4, 0.5) is 0 Å². The molecule has 2 rings (SSSR count). The number of aromatic amines is 1. The molecule has 0 aliphatic heterocycles. The van der Waals surface area contributed by atoms with Gasteiger partial charge in [-0.3, -0.25) is 5.10 Å². The van der Waals surface area contributed by atoms with Crippen molar-refractivity contribution >= 4 is 15.9 Å². The average Bonchev–Trinajstić information content (AvgIpc) is 2.69. The normalized spacial score (nSPS) is 10.5. The second-order valence-corrected chi connectivity index (χ2v) is 4.17. The van der Waals surface area contributed by atoms with Crippen LogP contribution in [0, 0.1) is 0 Å². The quantitative estimate of drug-likeness (QED) is 0.896. The van der Waals surface area contributed by atoms with Crippen LogP contribution in [0.25, 0.3) is 0 Å². The second kappa shape index (κ2) is 4.59. The monoisotopic (exact) mass is 266 g/mol. The minimum absolute atomic E-state index is 0.0214. The highest BCUT2D eigenvalue weighted by atomic mass is 79.9. The first-order chi connectivity index (χ1) is 7.29.